The Labute approximate surface area is 118 Å². The number of thiocarbonyl (C=S) groups is 1. The Hall–Kier alpha value is -0.411. The molecule has 0 saturated heterocycles. The molecule has 0 aromatic rings. The van der Waals surface area contributed by atoms with E-state index in [-0.39, 0.29) is 17.1 Å². The Morgan fingerprint density at radius 2 is 1.31 bits per heavy atom. The van der Waals surface area contributed by atoms with Gasteiger partial charge in [0, 0.05) is 37.6 Å². The molecule has 89 valence electrons. The van der Waals surface area contributed by atoms with Gasteiger partial charge in [-0.1, -0.05) is 28.6 Å². The summed E-state index contributed by atoms with van der Waals surface area (Å²) in [5.41, 5.74) is 0. The van der Waals surface area contributed by atoms with Crippen molar-refractivity contribution in [3.63, 3.8) is 0 Å². The summed E-state index contributed by atoms with van der Waals surface area (Å²) in [7, 11) is 3.66. The van der Waals surface area contributed by atoms with Crippen LogP contribution in [0.5, 0.6) is 0 Å². The summed E-state index contributed by atoms with van der Waals surface area (Å²) in [6.07, 6.45) is 10.0. The van der Waals surface area contributed by atoms with E-state index < -0.39 is 0 Å². The van der Waals surface area contributed by atoms with Crippen LogP contribution in [0.1, 0.15) is 0 Å². The minimum Gasteiger partial charge on any atom is -0.0767 e. The van der Waals surface area contributed by atoms with Crippen molar-refractivity contribution in [2.24, 2.45) is 0 Å². The van der Waals surface area contributed by atoms with E-state index in [0.29, 0.717) is 4.32 Å². The van der Waals surface area contributed by atoms with Crippen molar-refractivity contribution in [1.29, 1.82) is 0 Å². The van der Waals surface area contributed by atoms with Crippen molar-refractivity contribution in [3.05, 3.63) is 44.0 Å². The molecule has 6 heteroatoms. The smallest absolute Gasteiger partial charge is 0.00506 e. The number of nitrogens with zero attached hydrogens (tertiary/aromatic N) is 1. The van der Waals surface area contributed by atoms with Gasteiger partial charge in [0.25, 0.3) is 0 Å². The first-order valence-corrected chi connectivity index (χ1v) is 4.42. The first-order chi connectivity index (χ1) is 7.14. The van der Waals surface area contributed by atoms with Gasteiger partial charge in [-0.3, -0.25) is 0 Å². The Morgan fingerprint density at radius 3 is 1.38 bits per heavy atom. The van der Waals surface area contributed by atoms with E-state index in [1.165, 1.54) is 0 Å². The minimum absolute atomic E-state index is 0. The Morgan fingerprint density at radius 1 is 1.06 bits per heavy atom. The maximum Gasteiger partial charge on any atom is 0.00506 e. The zero-order valence-electron chi connectivity index (χ0n) is 8.82. The summed E-state index contributed by atoms with van der Waals surface area (Å²) in [5, 5.41) is 0. The van der Waals surface area contributed by atoms with Crippen molar-refractivity contribution < 1.29 is 26.4 Å². The van der Waals surface area contributed by atoms with Crippen LogP contribution in [0.2, 0.25) is 0 Å². The molecule has 0 unspecified atom stereocenters. The molecule has 0 amide bonds. The first-order valence-electron chi connectivity index (χ1n) is 3.60. The Bertz CT molecular complexity index is 232. The van der Waals surface area contributed by atoms with Crippen LogP contribution < -0.4 is 0 Å². The van der Waals surface area contributed by atoms with Crippen molar-refractivity contribution >= 4 is 29.2 Å². The molecule has 1 rings (SSSR count). The van der Waals surface area contributed by atoms with Gasteiger partial charge in [0.2, 0.25) is 0 Å². The molecule has 0 heterocycles. The average molecular weight is 297 g/mol. The molecule has 0 saturated carbocycles. The van der Waals surface area contributed by atoms with E-state index in [4.69, 9.17) is 9.30 Å². The van der Waals surface area contributed by atoms with Gasteiger partial charge >= 0.3 is 22.6 Å². The SMILES string of the molecule is CN(C)C(=S)[S-].[C-]#[O+].[C-]#[O+].[CH]1C=CC=C1.[Fe]. The number of allylic oxidation sites excluding steroid dienone is 4. The van der Waals surface area contributed by atoms with Crippen LogP contribution in [0.4, 0.5) is 0 Å². The normalized spacial score (nSPS) is 8.62. The molecular formula is C10H11FeNO2S2-. The molecule has 0 fully saturated rings. The van der Waals surface area contributed by atoms with Crippen molar-refractivity contribution in [2.75, 3.05) is 14.1 Å². The molecule has 0 aliphatic heterocycles. The van der Waals surface area contributed by atoms with Crippen LogP contribution in [0.15, 0.2) is 24.3 Å². The van der Waals surface area contributed by atoms with Crippen LogP contribution in [0.3, 0.4) is 0 Å². The van der Waals surface area contributed by atoms with Crippen LogP contribution in [0, 0.1) is 19.7 Å². The van der Waals surface area contributed by atoms with E-state index in [0.717, 1.165) is 0 Å². The van der Waals surface area contributed by atoms with E-state index >= 15 is 0 Å². The summed E-state index contributed by atoms with van der Waals surface area (Å²) < 4.78 is 15.5. The number of hydrogen-bond donors (Lipinski definition) is 0. The van der Waals surface area contributed by atoms with Crippen LogP contribution in [-0.4, -0.2) is 23.3 Å². The molecule has 0 N–H and O–H groups in total. The molecule has 1 aliphatic carbocycles. The molecular weight excluding hydrogens is 286 g/mol. The molecule has 1 radical (unpaired) electrons. The average Bonchev–Trinajstić information content (AvgIpc) is 2.82. The fraction of sp³-hybridized carbons (Fsp3) is 0.200. The maximum atomic E-state index is 7.50. The summed E-state index contributed by atoms with van der Waals surface area (Å²) in [6.45, 7) is 9.00. The molecule has 0 bridgehead atoms. The second kappa shape index (κ2) is 24.0. The Balaban J connectivity index is -0.0000000658. The van der Waals surface area contributed by atoms with Gasteiger partial charge in [-0.2, -0.15) is 0 Å². The molecule has 16 heavy (non-hydrogen) atoms. The summed E-state index contributed by atoms with van der Waals surface area (Å²) in [4.78, 5) is 1.71. The number of hydrogen-bond acceptors (Lipinski definition) is 2. The summed E-state index contributed by atoms with van der Waals surface area (Å²) in [5.74, 6) is 0. The predicted octanol–water partition coefficient (Wildman–Crippen LogP) is 1.62. The third-order valence-corrected chi connectivity index (χ3v) is 1.65. The molecule has 0 aromatic carbocycles. The van der Waals surface area contributed by atoms with E-state index in [1.807, 2.05) is 44.8 Å². The zero-order valence-corrected chi connectivity index (χ0v) is 11.6. The second-order valence-electron chi connectivity index (χ2n) is 2.12. The first kappa shape index (κ1) is 24.7. The van der Waals surface area contributed by atoms with Gasteiger partial charge in [0.1, 0.15) is 0 Å². The van der Waals surface area contributed by atoms with E-state index in [9.17, 15) is 0 Å². The summed E-state index contributed by atoms with van der Waals surface area (Å²) in [6, 6.07) is 0. The largest absolute Gasteiger partial charge is 0.0767 e. The van der Waals surface area contributed by atoms with Gasteiger partial charge in [-0.25, -0.2) is 0 Å². The predicted molar refractivity (Wildman–Crippen MR) is 64.1 cm³/mol. The van der Waals surface area contributed by atoms with Crippen molar-refractivity contribution in [3.8, 4) is 0 Å². The van der Waals surface area contributed by atoms with Gasteiger partial charge in [0.15, 0.2) is 0 Å². The topological polar surface area (TPSA) is 43.0 Å². The monoisotopic (exact) mass is 297 g/mol. The third-order valence-electron chi connectivity index (χ3n) is 0.921. The number of rotatable bonds is 0. The fourth-order valence-corrected chi connectivity index (χ4v) is 0.321. The minimum atomic E-state index is 0. The van der Waals surface area contributed by atoms with Gasteiger partial charge < -0.3 is 29.7 Å². The quantitative estimate of drug-likeness (QED) is 0.224. The molecule has 0 aromatic heterocycles. The molecule has 0 spiro atoms. The van der Waals surface area contributed by atoms with Gasteiger partial charge in [-0.15, -0.1) is 0 Å². The van der Waals surface area contributed by atoms with Gasteiger partial charge in [-0.05, 0) is 0 Å². The second-order valence-corrected chi connectivity index (χ2v) is 3.15. The van der Waals surface area contributed by atoms with Gasteiger partial charge in [0.05, 0.1) is 0 Å². The third kappa shape index (κ3) is 29.2. The maximum absolute atomic E-state index is 7.50. The van der Waals surface area contributed by atoms with Crippen LogP contribution in [0.25, 0.3) is 0 Å². The van der Waals surface area contributed by atoms with E-state index in [2.05, 4.69) is 38.1 Å². The Kier molecular flexibility index (Phi) is 37.1. The molecule has 1 aliphatic rings. The van der Waals surface area contributed by atoms with E-state index in [1.54, 1.807) is 4.90 Å². The zero-order chi connectivity index (χ0) is 12.7. The van der Waals surface area contributed by atoms with Crippen LogP contribution in [-0.2, 0) is 39.0 Å². The van der Waals surface area contributed by atoms with Crippen molar-refractivity contribution in [2.45, 2.75) is 0 Å². The standard InChI is InChI=1S/C5H5.C3H7NS2.2CO.Fe/c1-2-4-5-3-1;1-4(2)3(5)6;2*1-2;/h1-5H;1-2H3,(H,5,6);;;/p-1. The summed E-state index contributed by atoms with van der Waals surface area (Å²) >= 11 is 9.12. The molecule has 0 atom stereocenters. The molecule has 3 nitrogen and oxygen atoms in total. The van der Waals surface area contributed by atoms with Crippen LogP contribution >= 0.6 is 12.2 Å². The fourth-order valence-electron chi connectivity index (χ4n) is 0.321. The van der Waals surface area contributed by atoms with Crippen molar-refractivity contribution in [1.82, 2.24) is 4.90 Å².